The van der Waals surface area contributed by atoms with Gasteiger partial charge >= 0.3 is 0 Å². The molecule has 0 aliphatic rings. The summed E-state index contributed by atoms with van der Waals surface area (Å²) < 4.78 is 4.83. The molecule has 12 rings (SSSR count). The molecule has 2 heteroatoms. The predicted molar refractivity (Wildman–Crippen MR) is 270 cm³/mol. The van der Waals surface area contributed by atoms with E-state index in [-0.39, 0.29) is 0 Å². The molecule has 2 nitrogen and oxygen atoms in total. The standard InChI is InChI=1S/C29H23N.C17H16.C14H13N/c1-19-14-15-20(2)26-17-27-21(16-25(19)26)8-7-9-22(27)18-30-28-12-5-3-10-23(28)24-11-4-6-13-29(24)30;1-11-5-4-6-14-9-16-12(2)7-8-13(3)17(16)10-15(11)14;1-2-15-13-9-5-3-7-11(13)12-8-4-6-10-14(12)15/h3-17H,18H2,1-2H3;4-10H,1-3H3;3-10H,2H2,1H3. The third kappa shape index (κ3) is 6.77. The molecule has 2 aromatic heterocycles. The summed E-state index contributed by atoms with van der Waals surface area (Å²) in [7, 11) is 0. The molecule has 302 valence electrons. The molecule has 0 amide bonds. The van der Waals surface area contributed by atoms with Crippen LogP contribution in [0.2, 0.25) is 0 Å². The maximum absolute atomic E-state index is 2.47. The fourth-order valence-corrected chi connectivity index (χ4v) is 9.86. The summed E-state index contributed by atoms with van der Waals surface area (Å²) in [4.78, 5) is 0. The molecule has 12 aromatic rings. The summed E-state index contributed by atoms with van der Waals surface area (Å²) in [5.74, 6) is 0. The van der Waals surface area contributed by atoms with E-state index in [1.807, 2.05) is 0 Å². The second-order valence-electron chi connectivity index (χ2n) is 17.0. The molecule has 10 aromatic carbocycles. The van der Waals surface area contributed by atoms with Crippen molar-refractivity contribution in [1.82, 2.24) is 9.13 Å². The van der Waals surface area contributed by atoms with Crippen LogP contribution >= 0.6 is 0 Å². The number of benzene rings is 10. The normalized spacial score (nSPS) is 11.5. The van der Waals surface area contributed by atoms with E-state index in [0.717, 1.165) is 13.1 Å². The number of hydrogen-bond acceptors (Lipinski definition) is 0. The molecule has 0 atom stereocenters. The van der Waals surface area contributed by atoms with Gasteiger partial charge in [0.25, 0.3) is 0 Å². The summed E-state index contributed by atoms with van der Waals surface area (Å²) >= 11 is 0. The second-order valence-corrected chi connectivity index (χ2v) is 17.0. The Morgan fingerprint density at radius 3 is 1.10 bits per heavy atom. The van der Waals surface area contributed by atoms with Gasteiger partial charge in [-0.25, -0.2) is 0 Å². The molecule has 0 bridgehead atoms. The number of fused-ring (bicyclic) bond motifs is 10. The van der Waals surface area contributed by atoms with Crippen LogP contribution in [0.3, 0.4) is 0 Å². The third-order valence-electron chi connectivity index (χ3n) is 13.2. The number of aromatic nitrogens is 2. The van der Waals surface area contributed by atoms with Crippen molar-refractivity contribution in [1.29, 1.82) is 0 Å². The molecular formula is C60H52N2. The van der Waals surface area contributed by atoms with Crippen LogP contribution < -0.4 is 0 Å². The molecule has 0 spiro atoms. The van der Waals surface area contributed by atoms with Crippen molar-refractivity contribution in [2.24, 2.45) is 0 Å². The van der Waals surface area contributed by atoms with Gasteiger partial charge in [-0.15, -0.1) is 0 Å². The van der Waals surface area contributed by atoms with Crippen LogP contribution in [-0.2, 0) is 13.1 Å². The van der Waals surface area contributed by atoms with Crippen LogP contribution in [0.15, 0.2) is 182 Å². The van der Waals surface area contributed by atoms with Crippen LogP contribution in [0.5, 0.6) is 0 Å². The Kier molecular flexibility index (Phi) is 10.1. The van der Waals surface area contributed by atoms with Gasteiger partial charge in [-0.1, -0.05) is 133 Å². The van der Waals surface area contributed by atoms with Gasteiger partial charge in [0.05, 0.1) is 0 Å². The number of rotatable bonds is 3. The van der Waals surface area contributed by atoms with Gasteiger partial charge in [-0.3, -0.25) is 0 Å². The molecule has 2 heterocycles. The van der Waals surface area contributed by atoms with Crippen LogP contribution in [0.1, 0.15) is 40.3 Å². The van der Waals surface area contributed by atoms with E-state index >= 15 is 0 Å². The maximum Gasteiger partial charge on any atom is 0.0494 e. The lowest BCUT2D eigenvalue weighted by Gasteiger charge is -2.13. The first kappa shape index (κ1) is 39.0. The Hall–Kier alpha value is -7.16. The van der Waals surface area contributed by atoms with Crippen molar-refractivity contribution in [2.75, 3.05) is 0 Å². The van der Waals surface area contributed by atoms with Crippen molar-refractivity contribution < 1.29 is 0 Å². The minimum absolute atomic E-state index is 0.863. The van der Waals surface area contributed by atoms with Crippen molar-refractivity contribution in [3.8, 4) is 0 Å². The van der Waals surface area contributed by atoms with E-state index < -0.39 is 0 Å². The van der Waals surface area contributed by atoms with Gasteiger partial charge in [-0.2, -0.15) is 0 Å². The predicted octanol–water partition coefficient (Wildman–Crippen LogP) is 16.5. The molecule has 0 aliphatic carbocycles. The number of hydrogen-bond donors (Lipinski definition) is 0. The quantitative estimate of drug-likeness (QED) is 0.158. The van der Waals surface area contributed by atoms with Crippen LogP contribution in [-0.4, -0.2) is 9.13 Å². The lowest BCUT2D eigenvalue weighted by atomic mass is 9.95. The zero-order valence-corrected chi connectivity index (χ0v) is 36.6. The molecule has 0 saturated heterocycles. The Labute approximate surface area is 364 Å². The Balaban J connectivity index is 0.000000121. The first-order valence-electron chi connectivity index (χ1n) is 22.0. The van der Waals surface area contributed by atoms with Crippen molar-refractivity contribution in [3.63, 3.8) is 0 Å². The lowest BCUT2D eigenvalue weighted by molar-refractivity contribution is 0.827. The number of aryl methyl sites for hydroxylation is 6. The summed E-state index contributed by atoms with van der Waals surface area (Å²) in [5, 5.41) is 16.2. The highest BCUT2D eigenvalue weighted by Crippen LogP contribution is 2.34. The summed E-state index contributed by atoms with van der Waals surface area (Å²) in [6, 6.07) is 66.2. The Morgan fingerprint density at radius 1 is 0.290 bits per heavy atom. The van der Waals surface area contributed by atoms with Crippen molar-refractivity contribution >= 4 is 86.7 Å². The number of para-hydroxylation sites is 4. The van der Waals surface area contributed by atoms with E-state index in [1.165, 1.54) is 120 Å². The number of nitrogens with zero attached hydrogens (tertiary/aromatic N) is 2. The van der Waals surface area contributed by atoms with Gasteiger partial charge in [0.15, 0.2) is 0 Å². The average Bonchev–Trinajstić information content (AvgIpc) is 3.81. The zero-order chi connectivity index (χ0) is 42.5. The highest BCUT2D eigenvalue weighted by molar-refractivity contribution is 6.09. The molecule has 0 fully saturated rings. The Bertz CT molecular complexity index is 3550. The van der Waals surface area contributed by atoms with Crippen LogP contribution in [0.25, 0.3) is 86.7 Å². The summed E-state index contributed by atoms with van der Waals surface area (Å²) in [5.41, 5.74) is 13.4. The molecule has 0 radical (unpaired) electrons. The van der Waals surface area contributed by atoms with E-state index in [2.05, 4.69) is 233 Å². The smallest absolute Gasteiger partial charge is 0.0494 e. The molecule has 62 heavy (non-hydrogen) atoms. The zero-order valence-electron chi connectivity index (χ0n) is 36.6. The van der Waals surface area contributed by atoms with Gasteiger partial charge in [0.2, 0.25) is 0 Å². The minimum atomic E-state index is 0.863. The fraction of sp³-hybridized carbons (Fsp3) is 0.133. The minimum Gasteiger partial charge on any atom is -0.341 e. The molecule has 0 unspecified atom stereocenters. The first-order valence-corrected chi connectivity index (χ1v) is 22.0. The molecule has 0 aliphatic heterocycles. The first-order chi connectivity index (χ1) is 30.3. The van der Waals surface area contributed by atoms with Gasteiger partial charge in [0.1, 0.15) is 0 Å². The second kappa shape index (κ2) is 16.0. The van der Waals surface area contributed by atoms with E-state index in [1.54, 1.807) is 0 Å². The van der Waals surface area contributed by atoms with Crippen molar-refractivity contribution in [2.45, 2.75) is 54.6 Å². The van der Waals surface area contributed by atoms with Crippen LogP contribution in [0.4, 0.5) is 0 Å². The summed E-state index contributed by atoms with van der Waals surface area (Å²) in [6.07, 6.45) is 0. The fourth-order valence-electron chi connectivity index (χ4n) is 9.86. The topological polar surface area (TPSA) is 9.86 Å². The Morgan fingerprint density at radius 2 is 0.645 bits per heavy atom. The third-order valence-corrected chi connectivity index (χ3v) is 13.2. The molecular weight excluding hydrogens is 749 g/mol. The average molecular weight is 801 g/mol. The van der Waals surface area contributed by atoms with E-state index in [9.17, 15) is 0 Å². The highest BCUT2D eigenvalue weighted by Gasteiger charge is 2.13. The van der Waals surface area contributed by atoms with Gasteiger partial charge in [-0.05, 0) is 167 Å². The van der Waals surface area contributed by atoms with Gasteiger partial charge in [0, 0.05) is 56.7 Å². The lowest BCUT2D eigenvalue weighted by Crippen LogP contribution is -2.00. The largest absolute Gasteiger partial charge is 0.341 e. The van der Waals surface area contributed by atoms with Gasteiger partial charge < -0.3 is 9.13 Å². The molecule has 0 N–H and O–H groups in total. The van der Waals surface area contributed by atoms with E-state index in [0.29, 0.717) is 0 Å². The van der Waals surface area contributed by atoms with Crippen molar-refractivity contribution in [3.05, 3.63) is 215 Å². The van der Waals surface area contributed by atoms with Crippen LogP contribution in [0, 0.1) is 34.6 Å². The summed E-state index contributed by atoms with van der Waals surface area (Å²) in [6.45, 7) is 15.0. The van der Waals surface area contributed by atoms with E-state index in [4.69, 9.17) is 0 Å². The maximum atomic E-state index is 2.47. The monoisotopic (exact) mass is 800 g/mol. The molecule has 0 saturated carbocycles. The SMILES string of the molecule is CCn1c2ccccc2c2ccccc21.Cc1ccc(C)c2cc3c(Cn4c5ccccc5c5ccccc54)cccc3cc12.Cc1cccc2cc3c(C)ccc(C)c3cc12. The highest BCUT2D eigenvalue weighted by atomic mass is 15.0.